The van der Waals surface area contributed by atoms with E-state index in [1.807, 2.05) is 0 Å². The van der Waals surface area contributed by atoms with Crippen molar-refractivity contribution in [2.45, 2.75) is 0 Å². The van der Waals surface area contributed by atoms with Crippen LogP contribution in [-0.4, -0.2) is 39.1 Å². The summed E-state index contributed by atoms with van der Waals surface area (Å²) < 4.78 is 5.14. The van der Waals surface area contributed by atoms with Gasteiger partial charge in [0.2, 0.25) is 0 Å². The molecule has 0 aromatic heterocycles. The van der Waals surface area contributed by atoms with Gasteiger partial charge in [0, 0.05) is 7.98 Å². The molecule has 0 aliphatic carbocycles. The van der Waals surface area contributed by atoms with Crippen molar-refractivity contribution in [3.63, 3.8) is 0 Å². The Morgan fingerprint density at radius 3 is 2.14 bits per heavy atom. The smallest absolute Gasteiger partial charge is 0.0560 e. The molecule has 0 radical (unpaired) electrons. The van der Waals surface area contributed by atoms with Crippen LogP contribution in [-0.2, 0) is 4.74 Å². The van der Waals surface area contributed by atoms with Crippen LogP contribution in [0.15, 0.2) is 0 Å². The SMILES string of the molecule is [BH3-]N1CCOCC1. The van der Waals surface area contributed by atoms with Crippen molar-refractivity contribution >= 4 is 7.98 Å². The number of nitrogens with zero attached hydrogens (tertiary/aromatic N) is 1. The Balaban J connectivity index is 2.12. The molecule has 0 spiro atoms. The molecule has 0 atom stereocenters. The van der Waals surface area contributed by atoms with Gasteiger partial charge in [-0.25, -0.2) is 0 Å². The third-order valence-corrected chi connectivity index (χ3v) is 0.787. The molecule has 1 fully saturated rings. The molecule has 1 aliphatic heterocycles. The average Bonchev–Trinajstić information content (AvgIpc) is 1.69. The van der Waals surface area contributed by atoms with Gasteiger partial charge in [0.25, 0.3) is 0 Å². The van der Waals surface area contributed by atoms with Gasteiger partial charge in [-0.3, -0.25) is 0 Å². The minimum absolute atomic E-state index is 0.476. The van der Waals surface area contributed by atoms with E-state index in [0.717, 1.165) is 13.2 Å². The predicted molar refractivity (Wildman–Crippen MR) is 32.3 cm³/mol. The van der Waals surface area contributed by atoms with Gasteiger partial charge in [-0.2, -0.15) is 0 Å². The summed E-state index contributed by atoms with van der Waals surface area (Å²) in [7, 11) is 0.476. The van der Waals surface area contributed by atoms with E-state index in [1.54, 1.807) is 0 Å². The third kappa shape index (κ3) is 1.49. The van der Waals surface area contributed by atoms with E-state index in [0.29, 0.717) is 7.98 Å². The molecule has 1 aliphatic rings. The molecule has 3 heteroatoms. The number of hydrogen-bond donors (Lipinski definition) is 0. The summed E-state index contributed by atoms with van der Waals surface area (Å²) in [5.74, 6) is 0. The molecule has 0 amide bonds. The molecular weight excluding hydrogens is 88.9 g/mol. The first kappa shape index (κ1) is 5.13. The zero-order chi connectivity index (χ0) is 5.11. The maximum atomic E-state index is 5.14. The fraction of sp³-hybridized carbons (Fsp3) is 1.00. The topological polar surface area (TPSA) is 12.5 Å². The van der Waals surface area contributed by atoms with Crippen LogP contribution < -0.4 is 0 Å². The Hall–Kier alpha value is -0.0151. The van der Waals surface area contributed by atoms with Crippen molar-refractivity contribution in [3.05, 3.63) is 0 Å². The molecule has 0 bridgehead atoms. The largest absolute Gasteiger partial charge is 0.480 e. The van der Waals surface area contributed by atoms with Crippen LogP contribution in [0.1, 0.15) is 0 Å². The normalized spacial score (nSPS) is 25.3. The zero-order valence-electron chi connectivity index (χ0n) is 3.68. The van der Waals surface area contributed by atoms with Gasteiger partial charge in [0.1, 0.15) is 0 Å². The van der Waals surface area contributed by atoms with E-state index >= 15 is 0 Å². The molecule has 42 valence electrons. The monoisotopic (exact) mass is 100 g/mol. The Morgan fingerprint density at radius 2 is 1.86 bits per heavy atom. The highest BCUT2D eigenvalue weighted by Crippen LogP contribution is 1.88. The molecule has 1 saturated heterocycles. The second-order valence-corrected chi connectivity index (χ2v) is 1.28. The molecule has 0 aromatic rings. The van der Waals surface area contributed by atoms with Crippen molar-refractivity contribution in [1.82, 2.24) is 4.81 Å². The van der Waals surface area contributed by atoms with Gasteiger partial charge in [-0.05, 0) is 13.1 Å². The maximum absolute atomic E-state index is 5.14. The van der Waals surface area contributed by atoms with E-state index in [1.165, 1.54) is 13.1 Å². The molecule has 1 rings (SSSR count). The van der Waals surface area contributed by atoms with Crippen LogP contribution in [0.25, 0.3) is 0 Å². The van der Waals surface area contributed by atoms with E-state index < -0.39 is 0 Å². The predicted octanol–water partition coefficient (Wildman–Crippen LogP) is -1.40. The lowest BCUT2D eigenvalue weighted by atomic mass is 10.3. The Kier molecular flexibility index (Phi) is 1.71. The summed E-state index contributed by atoms with van der Waals surface area (Å²) in [4.78, 5) is 2.52. The second-order valence-electron chi connectivity index (χ2n) is 1.28. The first-order chi connectivity index (χ1) is 3.39. The summed E-state index contributed by atoms with van der Waals surface area (Å²) in [6.07, 6.45) is 0. The lowest BCUT2D eigenvalue weighted by Gasteiger charge is -2.27. The first-order valence-electron chi connectivity index (χ1n) is 2.21. The summed E-state index contributed by atoms with van der Waals surface area (Å²) in [5, 5.41) is 0. The zero-order valence-corrected chi connectivity index (χ0v) is 3.68. The van der Waals surface area contributed by atoms with E-state index in [-0.39, 0.29) is 0 Å². The minimum atomic E-state index is 0.476. The van der Waals surface area contributed by atoms with Crippen molar-refractivity contribution < 1.29 is 4.74 Å². The lowest BCUT2D eigenvalue weighted by molar-refractivity contribution is 0.0739. The van der Waals surface area contributed by atoms with Gasteiger partial charge in [-0.15, -0.1) is 0 Å². The third-order valence-electron chi connectivity index (χ3n) is 0.787. The highest BCUT2D eigenvalue weighted by molar-refractivity contribution is 6.04. The van der Waals surface area contributed by atoms with Gasteiger partial charge in [0.05, 0.1) is 13.2 Å². The summed E-state index contributed by atoms with van der Waals surface area (Å²) in [6.45, 7) is 4.37. The van der Waals surface area contributed by atoms with Crippen LogP contribution in [0.5, 0.6) is 0 Å². The minimum Gasteiger partial charge on any atom is -0.480 e. The highest BCUT2D eigenvalue weighted by Gasteiger charge is 1.97. The lowest BCUT2D eigenvalue weighted by Crippen LogP contribution is -2.33. The van der Waals surface area contributed by atoms with E-state index in [2.05, 4.69) is 4.81 Å². The van der Waals surface area contributed by atoms with Crippen molar-refractivity contribution in [3.8, 4) is 0 Å². The van der Waals surface area contributed by atoms with Crippen LogP contribution in [0.3, 0.4) is 0 Å². The molecule has 0 aromatic carbocycles. The van der Waals surface area contributed by atoms with E-state index in [9.17, 15) is 0 Å². The average molecular weight is 100.0 g/mol. The van der Waals surface area contributed by atoms with Gasteiger partial charge in [0.15, 0.2) is 0 Å². The Bertz CT molecular complexity index is 53.7. The summed E-state index contributed by atoms with van der Waals surface area (Å²) in [5.41, 5.74) is 0. The fourth-order valence-electron chi connectivity index (χ4n) is 0.472. The van der Waals surface area contributed by atoms with Crippen LogP contribution >= 0.6 is 0 Å². The molecule has 0 N–H and O–H groups in total. The Labute approximate surface area is 44.9 Å². The molecule has 7 heavy (non-hydrogen) atoms. The van der Waals surface area contributed by atoms with Crippen molar-refractivity contribution in [1.29, 1.82) is 0 Å². The van der Waals surface area contributed by atoms with Crippen molar-refractivity contribution in [2.24, 2.45) is 0 Å². The number of ether oxygens (including phenoxy) is 1. The molecular formula is C4H11BNO-. The molecule has 1 heterocycles. The number of morpholine rings is 1. The summed E-state index contributed by atoms with van der Waals surface area (Å²) >= 11 is 0. The molecule has 0 saturated carbocycles. The van der Waals surface area contributed by atoms with Crippen LogP contribution in [0.2, 0.25) is 0 Å². The molecule has 0 unspecified atom stereocenters. The molecule has 2 nitrogen and oxygen atoms in total. The number of rotatable bonds is 0. The highest BCUT2D eigenvalue weighted by atomic mass is 16.5. The van der Waals surface area contributed by atoms with E-state index in [4.69, 9.17) is 4.74 Å². The van der Waals surface area contributed by atoms with Gasteiger partial charge >= 0.3 is 0 Å². The first-order valence-corrected chi connectivity index (χ1v) is 2.21. The quantitative estimate of drug-likeness (QED) is 0.347. The number of hydrogen-bond acceptors (Lipinski definition) is 2. The van der Waals surface area contributed by atoms with Gasteiger partial charge in [-0.1, -0.05) is 0 Å². The maximum Gasteiger partial charge on any atom is 0.0560 e. The van der Waals surface area contributed by atoms with Crippen molar-refractivity contribution in [2.75, 3.05) is 26.3 Å². The van der Waals surface area contributed by atoms with Crippen LogP contribution in [0, 0.1) is 0 Å². The second kappa shape index (κ2) is 2.33. The van der Waals surface area contributed by atoms with Gasteiger partial charge < -0.3 is 9.55 Å². The summed E-state index contributed by atoms with van der Waals surface area (Å²) in [6, 6.07) is 0. The standard InChI is InChI=1S/C4H11BNO/c5-6-1-3-7-4-2-6/h1-4H2,5H3/q-1. The fourth-order valence-corrected chi connectivity index (χ4v) is 0.472. The Morgan fingerprint density at radius 1 is 1.29 bits per heavy atom. The van der Waals surface area contributed by atoms with Crippen LogP contribution in [0.4, 0.5) is 0 Å².